The second-order valence-corrected chi connectivity index (χ2v) is 6.94. The molecule has 5 rings (SSSR count). The lowest BCUT2D eigenvalue weighted by Crippen LogP contribution is -2.42. The Hall–Kier alpha value is -4.26. The van der Waals surface area contributed by atoms with Gasteiger partial charge in [0.2, 0.25) is 5.91 Å². The number of anilines is 2. The van der Waals surface area contributed by atoms with Crippen molar-refractivity contribution < 1.29 is 9.59 Å². The van der Waals surface area contributed by atoms with Crippen LogP contribution in [0.2, 0.25) is 0 Å². The number of fused-ring (bicyclic) bond motifs is 2. The third-order valence-electron chi connectivity index (χ3n) is 4.99. The van der Waals surface area contributed by atoms with Crippen LogP contribution in [-0.2, 0) is 4.79 Å². The van der Waals surface area contributed by atoms with E-state index in [4.69, 9.17) is 0 Å². The maximum atomic E-state index is 13.2. The predicted octanol–water partition coefficient (Wildman–Crippen LogP) is 3.73. The number of rotatable bonds is 3. The van der Waals surface area contributed by atoms with Crippen molar-refractivity contribution in [3.8, 4) is 0 Å². The molecule has 146 valence electrons. The Bertz CT molecular complexity index is 1290. The van der Waals surface area contributed by atoms with E-state index in [0.29, 0.717) is 16.9 Å². The van der Waals surface area contributed by atoms with Crippen molar-refractivity contribution in [1.29, 1.82) is 0 Å². The number of nitrogens with one attached hydrogen (secondary N) is 2. The number of aromatic amines is 1. The van der Waals surface area contributed by atoms with Crippen molar-refractivity contribution in [2.75, 3.05) is 16.8 Å². The molecule has 1 aliphatic rings. The molecule has 0 spiro atoms. The molecular weight excluding hydrogens is 378 g/mol. The molecule has 4 aromatic rings. The monoisotopic (exact) mass is 395 g/mol. The average Bonchev–Trinajstić information content (AvgIpc) is 3.19. The highest BCUT2D eigenvalue weighted by Gasteiger charge is 2.27. The maximum absolute atomic E-state index is 13.2. The molecule has 2 amide bonds. The molecule has 3 heterocycles. The third-order valence-corrected chi connectivity index (χ3v) is 4.99. The predicted molar refractivity (Wildman–Crippen MR) is 116 cm³/mol. The normalized spacial score (nSPS) is 13.5. The Kier molecular flexibility index (Phi) is 4.33. The average molecular weight is 395 g/mol. The number of aromatic nitrogens is 3. The van der Waals surface area contributed by atoms with Crippen LogP contribution in [0.5, 0.6) is 0 Å². The van der Waals surface area contributed by atoms with Crippen molar-refractivity contribution in [3.63, 3.8) is 0 Å². The Balaban J connectivity index is 1.46. The SMILES string of the molecule is O=C1CN(C(=O)c2ccc3c(/C=C/c4ccncc4)n[nH]c3c2)c2ccccc2N1. The quantitative estimate of drug-likeness (QED) is 0.553. The van der Waals surface area contributed by atoms with E-state index in [2.05, 4.69) is 20.5 Å². The number of H-pyrrole nitrogens is 1. The first kappa shape index (κ1) is 17.8. The van der Waals surface area contributed by atoms with Crippen molar-refractivity contribution in [2.45, 2.75) is 0 Å². The van der Waals surface area contributed by atoms with E-state index in [1.54, 1.807) is 30.6 Å². The fourth-order valence-electron chi connectivity index (χ4n) is 3.52. The second kappa shape index (κ2) is 7.29. The summed E-state index contributed by atoms with van der Waals surface area (Å²) < 4.78 is 0. The van der Waals surface area contributed by atoms with Crippen LogP contribution in [0.25, 0.3) is 23.1 Å². The molecule has 0 aliphatic carbocycles. The number of nitrogens with zero attached hydrogens (tertiary/aromatic N) is 3. The standard InChI is InChI=1S/C23H17N5O2/c29-22-14-28(21-4-2-1-3-19(21)25-22)23(30)16-6-7-17-18(26-27-20(17)13-16)8-5-15-9-11-24-12-10-15/h1-13H,14H2,(H,25,29)(H,26,27)/b8-5+. The van der Waals surface area contributed by atoms with Crippen molar-refractivity contribution in [1.82, 2.24) is 15.2 Å². The van der Waals surface area contributed by atoms with Gasteiger partial charge in [-0.1, -0.05) is 18.2 Å². The number of para-hydroxylation sites is 2. The fraction of sp³-hybridized carbons (Fsp3) is 0.0435. The van der Waals surface area contributed by atoms with E-state index in [1.165, 1.54) is 4.90 Å². The number of hydrogen-bond donors (Lipinski definition) is 2. The minimum atomic E-state index is -0.234. The van der Waals surface area contributed by atoms with E-state index >= 15 is 0 Å². The molecule has 7 nitrogen and oxygen atoms in total. The summed E-state index contributed by atoms with van der Waals surface area (Å²) in [6.07, 6.45) is 7.35. The molecule has 0 saturated carbocycles. The molecule has 2 aromatic heterocycles. The third kappa shape index (κ3) is 3.22. The van der Waals surface area contributed by atoms with Crippen LogP contribution in [0.15, 0.2) is 67.0 Å². The maximum Gasteiger partial charge on any atom is 0.258 e. The summed E-state index contributed by atoms with van der Waals surface area (Å²) in [7, 11) is 0. The fourth-order valence-corrected chi connectivity index (χ4v) is 3.52. The zero-order valence-electron chi connectivity index (χ0n) is 15.9. The number of hydrogen-bond acceptors (Lipinski definition) is 4. The Labute approximate surface area is 172 Å². The Morgan fingerprint density at radius 2 is 1.87 bits per heavy atom. The van der Waals surface area contributed by atoms with E-state index in [1.807, 2.05) is 48.6 Å². The van der Waals surface area contributed by atoms with Crippen LogP contribution in [0, 0.1) is 0 Å². The van der Waals surface area contributed by atoms with Gasteiger partial charge in [0.25, 0.3) is 5.91 Å². The summed E-state index contributed by atoms with van der Waals surface area (Å²) in [6.45, 7) is -0.0171. The molecule has 2 aromatic carbocycles. The van der Waals surface area contributed by atoms with E-state index in [0.717, 1.165) is 22.2 Å². The zero-order chi connectivity index (χ0) is 20.5. The summed E-state index contributed by atoms with van der Waals surface area (Å²) in [4.78, 5) is 30.7. The number of pyridine rings is 1. The summed E-state index contributed by atoms with van der Waals surface area (Å²) in [5, 5.41) is 11.0. The largest absolute Gasteiger partial charge is 0.323 e. The first-order chi connectivity index (χ1) is 14.7. The topological polar surface area (TPSA) is 91.0 Å². The van der Waals surface area contributed by atoms with E-state index < -0.39 is 0 Å². The van der Waals surface area contributed by atoms with Crippen LogP contribution < -0.4 is 10.2 Å². The highest BCUT2D eigenvalue weighted by molar-refractivity contribution is 6.15. The van der Waals surface area contributed by atoms with E-state index in [9.17, 15) is 9.59 Å². The van der Waals surface area contributed by atoms with Crippen LogP contribution in [0.1, 0.15) is 21.6 Å². The highest BCUT2D eigenvalue weighted by atomic mass is 16.2. The zero-order valence-corrected chi connectivity index (χ0v) is 15.9. The molecule has 0 saturated heterocycles. The lowest BCUT2D eigenvalue weighted by atomic mass is 10.1. The molecular formula is C23H17N5O2. The first-order valence-electron chi connectivity index (χ1n) is 9.46. The molecule has 0 fully saturated rings. The van der Waals surface area contributed by atoms with Gasteiger partial charge in [0.15, 0.2) is 0 Å². The van der Waals surface area contributed by atoms with E-state index in [-0.39, 0.29) is 18.4 Å². The minimum Gasteiger partial charge on any atom is -0.323 e. The smallest absolute Gasteiger partial charge is 0.258 e. The number of benzene rings is 2. The van der Waals surface area contributed by atoms with Gasteiger partial charge in [-0.15, -0.1) is 0 Å². The number of amides is 2. The highest BCUT2D eigenvalue weighted by Crippen LogP contribution is 2.30. The summed E-state index contributed by atoms with van der Waals surface area (Å²) in [6, 6.07) is 16.5. The van der Waals surface area contributed by atoms with Gasteiger partial charge < -0.3 is 5.32 Å². The van der Waals surface area contributed by atoms with Gasteiger partial charge in [0, 0.05) is 23.3 Å². The second-order valence-electron chi connectivity index (χ2n) is 6.94. The Morgan fingerprint density at radius 3 is 2.73 bits per heavy atom. The van der Waals surface area contributed by atoms with Gasteiger partial charge >= 0.3 is 0 Å². The number of carbonyl (C=O) groups is 2. The molecule has 7 heteroatoms. The lowest BCUT2D eigenvalue weighted by Gasteiger charge is -2.29. The van der Waals surface area contributed by atoms with Gasteiger partial charge in [-0.05, 0) is 54.1 Å². The van der Waals surface area contributed by atoms with Gasteiger partial charge in [-0.3, -0.25) is 24.6 Å². The Morgan fingerprint density at radius 1 is 1.03 bits per heavy atom. The van der Waals surface area contributed by atoms with Crippen LogP contribution >= 0.6 is 0 Å². The molecule has 2 N–H and O–H groups in total. The molecule has 1 aliphatic heterocycles. The molecule has 0 radical (unpaired) electrons. The first-order valence-corrected chi connectivity index (χ1v) is 9.46. The minimum absolute atomic E-state index is 0.0171. The van der Waals surface area contributed by atoms with Gasteiger partial charge in [-0.2, -0.15) is 5.10 Å². The number of carbonyl (C=O) groups excluding carboxylic acids is 2. The molecule has 0 unspecified atom stereocenters. The van der Waals surface area contributed by atoms with Crippen molar-refractivity contribution in [3.05, 3.63) is 83.8 Å². The molecule has 0 atom stereocenters. The van der Waals surface area contributed by atoms with Crippen molar-refractivity contribution >= 4 is 46.2 Å². The van der Waals surface area contributed by atoms with Crippen LogP contribution in [-0.4, -0.2) is 33.5 Å². The summed E-state index contributed by atoms with van der Waals surface area (Å²) in [5.41, 5.74) is 4.37. The summed E-state index contributed by atoms with van der Waals surface area (Å²) in [5.74, 6) is -0.448. The van der Waals surface area contributed by atoms with Gasteiger partial charge in [-0.25, -0.2) is 0 Å². The van der Waals surface area contributed by atoms with Crippen molar-refractivity contribution in [2.24, 2.45) is 0 Å². The van der Waals surface area contributed by atoms with Gasteiger partial charge in [0.1, 0.15) is 6.54 Å². The van der Waals surface area contributed by atoms with Crippen LogP contribution in [0.4, 0.5) is 11.4 Å². The lowest BCUT2D eigenvalue weighted by molar-refractivity contribution is -0.115. The van der Waals surface area contributed by atoms with Gasteiger partial charge in [0.05, 0.1) is 22.6 Å². The van der Waals surface area contributed by atoms with Crippen LogP contribution in [0.3, 0.4) is 0 Å². The molecule has 0 bridgehead atoms. The molecule has 30 heavy (non-hydrogen) atoms. The summed E-state index contributed by atoms with van der Waals surface area (Å²) >= 11 is 0.